The molecular formula is C27H20Cl2N2O3S. The summed E-state index contributed by atoms with van der Waals surface area (Å²) in [4.78, 5) is 27.3. The Hall–Kier alpha value is -3.19. The average molecular weight is 523 g/mol. The van der Waals surface area contributed by atoms with Crippen LogP contribution < -0.4 is 4.74 Å². The van der Waals surface area contributed by atoms with E-state index in [9.17, 15) is 9.59 Å². The molecule has 2 amide bonds. The van der Waals surface area contributed by atoms with Crippen molar-refractivity contribution in [1.82, 2.24) is 9.47 Å². The van der Waals surface area contributed by atoms with Gasteiger partial charge in [-0.05, 0) is 53.7 Å². The van der Waals surface area contributed by atoms with Gasteiger partial charge >= 0.3 is 0 Å². The molecule has 0 saturated carbocycles. The zero-order chi connectivity index (χ0) is 24.4. The van der Waals surface area contributed by atoms with E-state index in [1.54, 1.807) is 24.3 Å². The Morgan fingerprint density at radius 2 is 1.71 bits per heavy atom. The van der Waals surface area contributed by atoms with Gasteiger partial charge in [0, 0.05) is 32.7 Å². The third-order valence-electron chi connectivity index (χ3n) is 5.67. The number of hydrogen-bond donors (Lipinski definition) is 0. The first-order valence-electron chi connectivity index (χ1n) is 10.9. The summed E-state index contributed by atoms with van der Waals surface area (Å²) in [7, 11) is 0. The third-order valence-corrected chi connectivity index (χ3v) is 7.16. The molecule has 8 heteroatoms. The van der Waals surface area contributed by atoms with Crippen molar-refractivity contribution < 1.29 is 14.3 Å². The van der Waals surface area contributed by atoms with Gasteiger partial charge in [0.25, 0.3) is 11.1 Å². The second kappa shape index (κ2) is 10.2. The Morgan fingerprint density at radius 3 is 2.51 bits per heavy atom. The minimum atomic E-state index is -0.338. The van der Waals surface area contributed by atoms with Crippen LogP contribution in [0, 0.1) is 0 Å². The van der Waals surface area contributed by atoms with E-state index >= 15 is 0 Å². The predicted molar refractivity (Wildman–Crippen MR) is 142 cm³/mol. The molecule has 5 nitrogen and oxygen atoms in total. The van der Waals surface area contributed by atoms with Crippen molar-refractivity contribution in [2.24, 2.45) is 0 Å². The molecule has 1 fully saturated rings. The van der Waals surface area contributed by atoms with Gasteiger partial charge in [0.2, 0.25) is 0 Å². The van der Waals surface area contributed by atoms with Crippen LogP contribution in [0.1, 0.15) is 11.1 Å². The van der Waals surface area contributed by atoms with Gasteiger partial charge in [-0.3, -0.25) is 14.5 Å². The number of rotatable bonds is 7. The number of imide groups is 1. The molecule has 1 aliphatic heterocycles. The van der Waals surface area contributed by atoms with Gasteiger partial charge in [0.05, 0.1) is 18.0 Å². The molecule has 0 bridgehead atoms. The van der Waals surface area contributed by atoms with E-state index in [0.29, 0.717) is 33.7 Å². The number of benzene rings is 3. The lowest BCUT2D eigenvalue weighted by Crippen LogP contribution is -2.27. The zero-order valence-corrected chi connectivity index (χ0v) is 20.8. The first-order valence-corrected chi connectivity index (χ1v) is 12.5. The van der Waals surface area contributed by atoms with Crippen molar-refractivity contribution >= 4 is 63.1 Å². The molecule has 0 unspecified atom stereocenters. The minimum Gasteiger partial charge on any atom is -0.492 e. The molecule has 176 valence electrons. The van der Waals surface area contributed by atoms with Gasteiger partial charge in [-0.2, -0.15) is 0 Å². The van der Waals surface area contributed by atoms with Crippen molar-refractivity contribution in [2.45, 2.75) is 13.1 Å². The highest BCUT2D eigenvalue weighted by atomic mass is 35.5. The van der Waals surface area contributed by atoms with Crippen LogP contribution in [-0.4, -0.2) is 27.2 Å². The van der Waals surface area contributed by atoms with Crippen molar-refractivity contribution in [1.29, 1.82) is 0 Å². The van der Waals surface area contributed by atoms with Crippen LogP contribution in [-0.2, 0) is 17.9 Å². The number of ether oxygens (including phenoxy) is 1. The summed E-state index contributed by atoms with van der Waals surface area (Å²) >= 11 is 13.1. The zero-order valence-electron chi connectivity index (χ0n) is 18.5. The molecule has 5 rings (SSSR count). The van der Waals surface area contributed by atoms with Crippen LogP contribution >= 0.6 is 35.0 Å². The molecule has 35 heavy (non-hydrogen) atoms. The molecule has 0 radical (unpaired) electrons. The molecule has 3 aromatic carbocycles. The number of carbonyl (C=O) groups excluding carboxylic acids is 2. The number of amides is 2. The highest BCUT2D eigenvalue weighted by molar-refractivity contribution is 8.18. The quantitative estimate of drug-likeness (QED) is 0.239. The van der Waals surface area contributed by atoms with Crippen LogP contribution in [0.15, 0.2) is 83.9 Å². The molecule has 1 aromatic heterocycles. The average Bonchev–Trinajstić information content (AvgIpc) is 3.33. The number of hydrogen-bond acceptors (Lipinski definition) is 4. The topological polar surface area (TPSA) is 51.5 Å². The highest BCUT2D eigenvalue weighted by Crippen LogP contribution is 2.36. The smallest absolute Gasteiger partial charge is 0.293 e. The number of nitrogens with zero attached hydrogens (tertiary/aromatic N) is 2. The normalized spacial score (nSPS) is 14.9. The number of thioether (sulfide) groups is 1. The number of carbonyl (C=O) groups is 2. The van der Waals surface area contributed by atoms with Crippen molar-refractivity contribution in [3.8, 4) is 5.75 Å². The molecule has 1 aliphatic rings. The molecular weight excluding hydrogens is 503 g/mol. The van der Waals surface area contributed by atoms with Crippen LogP contribution in [0.2, 0.25) is 10.0 Å². The Morgan fingerprint density at radius 1 is 0.943 bits per heavy atom. The van der Waals surface area contributed by atoms with E-state index in [1.807, 2.05) is 60.8 Å². The van der Waals surface area contributed by atoms with Crippen LogP contribution in [0.3, 0.4) is 0 Å². The van der Waals surface area contributed by atoms with Gasteiger partial charge in [-0.15, -0.1) is 0 Å². The number of aromatic nitrogens is 1. The fourth-order valence-corrected chi connectivity index (χ4v) is 5.25. The van der Waals surface area contributed by atoms with Crippen molar-refractivity contribution in [3.05, 3.63) is 105 Å². The summed E-state index contributed by atoms with van der Waals surface area (Å²) < 4.78 is 7.95. The number of para-hydroxylation sites is 2. The number of halogens is 2. The third kappa shape index (κ3) is 5.10. The summed E-state index contributed by atoms with van der Waals surface area (Å²) in [6.45, 7) is 1.23. The fourth-order valence-electron chi connectivity index (χ4n) is 3.95. The molecule has 0 atom stereocenters. The van der Waals surface area contributed by atoms with E-state index in [4.69, 9.17) is 27.9 Å². The monoisotopic (exact) mass is 522 g/mol. The molecule has 2 heterocycles. The van der Waals surface area contributed by atoms with Crippen LogP contribution in [0.4, 0.5) is 4.79 Å². The molecule has 0 spiro atoms. The van der Waals surface area contributed by atoms with Gasteiger partial charge in [-0.25, -0.2) is 0 Å². The number of fused-ring (bicyclic) bond motifs is 1. The van der Waals surface area contributed by atoms with Gasteiger partial charge in [0.15, 0.2) is 0 Å². The summed E-state index contributed by atoms with van der Waals surface area (Å²) in [5, 5.41) is 1.59. The lowest BCUT2D eigenvalue weighted by Gasteiger charge is -2.13. The predicted octanol–water partition coefficient (Wildman–Crippen LogP) is 7.26. The van der Waals surface area contributed by atoms with E-state index in [1.165, 1.54) is 4.90 Å². The van der Waals surface area contributed by atoms with Gasteiger partial charge in [0.1, 0.15) is 12.4 Å². The first kappa shape index (κ1) is 23.5. The molecule has 4 aromatic rings. The largest absolute Gasteiger partial charge is 0.492 e. The Kier molecular flexibility index (Phi) is 6.86. The maximum absolute atomic E-state index is 13.1. The van der Waals surface area contributed by atoms with E-state index in [-0.39, 0.29) is 17.7 Å². The summed E-state index contributed by atoms with van der Waals surface area (Å²) in [6.07, 6.45) is 3.77. The highest BCUT2D eigenvalue weighted by Gasteiger charge is 2.35. The second-order valence-electron chi connectivity index (χ2n) is 7.96. The fraction of sp³-hybridized carbons (Fsp3) is 0.111. The standard InChI is InChI=1S/C27H20Cl2N2O3S/c28-20-11-10-18(23(29)15-20)17-31-26(32)25(35-27(31)33)14-19-16-30(24-9-5-4-8-22(19)24)12-13-34-21-6-2-1-3-7-21/h1-11,14-16H,12-13,17H2/b25-14-. The van der Waals surface area contributed by atoms with E-state index in [0.717, 1.165) is 34.0 Å². The van der Waals surface area contributed by atoms with Gasteiger partial charge < -0.3 is 9.30 Å². The molecule has 0 aliphatic carbocycles. The van der Waals surface area contributed by atoms with Crippen molar-refractivity contribution in [2.75, 3.05) is 6.61 Å². The Bertz CT molecular complexity index is 1450. The van der Waals surface area contributed by atoms with E-state index < -0.39 is 0 Å². The Balaban J connectivity index is 1.37. The maximum Gasteiger partial charge on any atom is 0.293 e. The molecule has 0 N–H and O–H groups in total. The van der Waals surface area contributed by atoms with Crippen LogP contribution in [0.5, 0.6) is 5.75 Å². The van der Waals surface area contributed by atoms with Gasteiger partial charge in [-0.1, -0.05) is 65.7 Å². The van der Waals surface area contributed by atoms with E-state index in [2.05, 4.69) is 4.57 Å². The second-order valence-corrected chi connectivity index (χ2v) is 9.80. The van der Waals surface area contributed by atoms with Crippen LogP contribution in [0.25, 0.3) is 17.0 Å². The lowest BCUT2D eigenvalue weighted by molar-refractivity contribution is -0.123. The summed E-state index contributed by atoms with van der Waals surface area (Å²) in [5.74, 6) is 0.480. The SMILES string of the molecule is O=C1S/C(=C\c2cn(CCOc3ccccc3)c3ccccc23)C(=O)N1Cc1ccc(Cl)cc1Cl. The maximum atomic E-state index is 13.1. The minimum absolute atomic E-state index is 0.0938. The summed E-state index contributed by atoms with van der Waals surface area (Å²) in [6, 6.07) is 22.7. The first-order chi connectivity index (χ1) is 17.0. The molecule has 1 saturated heterocycles. The van der Waals surface area contributed by atoms with Crippen molar-refractivity contribution in [3.63, 3.8) is 0 Å². The summed E-state index contributed by atoms with van der Waals surface area (Å²) in [5.41, 5.74) is 2.56. The lowest BCUT2D eigenvalue weighted by atomic mass is 10.1. The Labute approximate surface area is 216 Å².